The smallest absolute Gasteiger partial charge is 0.308 e. The van der Waals surface area contributed by atoms with Crippen molar-refractivity contribution in [1.82, 2.24) is 4.90 Å². The molecule has 0 spiro atoms. The van der Waals surface area contributed by atoms with Gasteiger partial charge < -0.3 is 9.64 Å². The third-order valence-electron chi connectivity index (χ3n) is 4.38. The Kier molecular flexibility index (Phi) is 18.6. The summed E-state index contributed by atoms with van der Waals surface area (Å²) in [6, 6.07) is 0. The van der Waals surface area contributed by atoms with Gasteiger partial charge in [0.05, 0.1) is 12.5 Å². The highest BCUT2D eigenvalue weighted by Gasteiger charge is 2.17. The molecule has 25 heavy (non-hydrogen) atoms. The van der Waals surface area contributed by atoms with Crippen LogP contribution in [0.1, 0.15) is 93.4 Å². The maximum atomic E-state index is 11.9. The van der Waals surface area contributed by atoms with Crippen LogP contribution in [0.25, 0.3) is 0 Å². The monoisotopic (exact) mass is 357 g/mol. The van der Waals surface area contributed by atoms with E-state index in [-0.39, 0.29) is 17.8 Å². The van der Waals surface area contributed by atoms with Crippen molar-refractivity contribution >= 4 is 11.9 Å². The molecule has 0 radical (unpaired) electrons. The van der Waals surface area contributed by atoms with Crippen LogP contribution in [0.5, 0.6) is 0 Å². The van der Waals surface area contributed by atoms with Crippen molar-refractivity contribution in [3.63, 3.8) is 0 Å². The molecule has 4 nitrogen and oxygen atoms in total. The average molecular weight is 358 g/mol. The zero-order valence-electron chi connectivity index (χ0n) is 17.9. The second kappa shape index (κ2) is 17.8. The maximum absolute atomic E-state index is 11.9. The molecule has 0 aromatic heterocycles. The fraction of sp³-hybridized carbons (Fsp3) is 0.905. The first kappa shape index (κ1) is 26.2. The number of carbonyl (C=O) groups is 2. The molecule has 4 heteroatoms. The SMILES string of the molecule is CCCCN(CCC)C(=O)C(C)CC.CCCCOC(=O)C(C)CC. The largest absolute Gasteiger partial charge is 0.465 e. The second-order valence-corrected chi connectivity index (χ2v) is 6.82. The molecule has 0 N–H and O–H groups in total. The minimum absolute atomic E-state index is 0.0547. The van der Waals surface area contributed by atoms with Crippen molar-refractivity contribution in [2.24, 2.45) is 11.8 Å². The zero-order valence-corrected chi connectivity index (χ0v) is 17.9. The van der Waals surface area contributed by atoms with Gasteiger partial charge in [-0.3, -0.25) is 9.59 Å². The van der Waals surface area contributed by atoms with E-state index in [0.29, 0.717) is 12.5 Å². The lowest BCUT2D eigenvalue weighted by Crippen LogP contribution is -2.36. The summed E-state index contributed by atoms with van der Waals surface area (Å²) in [5.74, 6) is 0.536. The lowest BCUT2D eigenvalue weighted by Gasteiger charge is -2.24. The van der Waals surface area contributed by atoms with E-state index in [9.17, 15) is 9.59 Å². The summed E-state index contributed by atoms with van der Waals surface area (Å²) in [7, 11) is 0. The third kappa shape index (κ3) is 13.9. The topological polar surface area (TPSA) is 46.6 Å². The van der Waals surface area contributed by atoms with Crippen LogP contribution in [0.15, 0.2) is 0 Å². The highest BCUT2D eigenvalue weighted by atomic mass is 16.5. The molecule has 0 aliphatic heterocycles. The van der Waals surface area contributed by atoms with Gasteiger partial charge in [0.2, 0.25) is 5.91 Å². The van der Waals surface area contributed by atoms with Gasteiger partial charge in [-0.25, -0.2) is 0 Å². The number of amides is 1. The fourth-order valence-corrected chi connectivity index (χ4v) is 2.06. The summed E-state index contributed by atoms with van der Waals surface area (Å²) in [4.78, 5) is 24.9. The van der Waals surface area contributed by atoms with E-state index < -0.39 is 0 Å². The first-order chi connectivity index (χ1) is 11.9. The predicted molar refractivity (Wildman–Crippen MR) is 107 cm³/mol. The van der Waals surface area contributed by atoms with Gasteiger partial charge in [-0.15, -0.1) is 0 Å². The Morgan fingerprint density at radius 3 is 1.80 bits per heavy atom. The Bertz CT molecular complexity index is 331. The van der Waals surface area contributed by atoms with Gasteiger partial charge in [0, 0.05) is 19.0 Å². The normalized spacial score (nSPS) is 12.6. The van der Waals surface area contributed by atoms with Crippen molar-refractivity contribution in [2.45, 2.75) is 93.4 Å². The van der Waals surface area contributed by atoms with E-state index in [2.05, 4.69) is 27.7 Å². The highest BCUT2D eigenvalue weighted by molar-refractivity contribution is 5.78. The Balaban J connectivity index is 0. The molecule has 1 amide bonds. The average Bonchev–Trinajstić information content (AvgIpc) is 2.63. The standard InChI is InChI=1S/C12H25NO.C9H18O2/c1-5-8-10-13(9-6-2)12(14)11(4)7-3;1-4-6-7-11-9(10)8(3)5-2/h11H,5-10H2,1-4H3;8H,4-7H2,1-3H3. The molecule has 0 aromatic carbocycles. The maximum Gasteiger partial charge on any atom is 0.308 e. The van der Waals surface area contributed by atoms with Gasteiger partial charge in [-0.2, -0.15) is 0 Å². The molecule has 0 bridgehead atoms. The molecule has 0 aliphatic carbocycles. The molecule has 0 aliphatic rings. The summed E-state index contributed by atoms with van der Waals surface area (Å²) in [6.07, 6.45) is 7.22. The van der Waals surface area contributed by atoms with Crippen LogP contribution in [0, 0.1) is 11.8 Å². The lowest BCUT2D eigenvalue weighted by atomic mass is 10.1. The molecule has 0 aromatic rings. The van der Waals surface area contributed by atoms with Crippen molar-refractivity contribution in [2.75, 3.05) is 19.7 Å². The van der Waals surface area contributed by atoms with Crippen LogP contribution in [-0.2, 0) is 14.3 Å². The molecule has 0 heterocycles. The van der Waals surface area contributed by atoms with Crippen LogP contribution >= 0.6 is 0 Å². The van der Waals surface area contributed by atoms with E-state index in [1.165, 1.54) is 0 Å². The Morgan fingerprint density at radius 1 is 0.800 bits per heavy atom. The van der Waals surface area contributed by atoms with E-state index >= 15 is 0 Å². The summed E-state index contributed by atoms with van der Waals surface area (Å²) >= 11 is 0. The number of hydrogen-bond acceptors (Lipinski definition) is 3. The summed E-state index contributed by atoms with van der Waals surface area (Å²) in [5.41, 5.74) is 0. The minimum atomic E-state index is -0.0547. The van der Waals surface area contributed by atoms with Gasteiger partial charge in [0.25, 0.3) is 0 Å². The van der Waals surface area contributed by atoms with Crippen molar-refractivity contribution in [3.05, 3.63) is 0 Å². The minimum Gasteiger partial charge on any atom is -0.465 e. The number of carbonyl (C=O) groups excluding carboxylic acids is 2. The van der Waals surface area contributed by atoms with Crippen LogP contribution in [0.4, 0.5) is 0 Å². The van der Waals surface area contributed by atoms with Crippen LogP contribution in [0.2, 0.25) is 0 Å². The number of ether oxygens (including phenoxy) is 1. The number of rotatable bonds is 12. The molecule has 150 valence electrons. The Labute approximate surface area is 156 Å². The zero-order chi connectivity index (χ0) is 19.7. The summed E-state index contributed by atoms with van der Waals surface area (Å²) < 4.78 is 5.00. The first-order valence-electron chi connectivity index (χ1n) is 10.3. The molecule has 0 rings (SSSR count). The van der Waals surface area contributed by atoms with Crippen LogP contribution < -0.4 is 0 Å². The molecule has 2 atom stereocenters. The van der Waals surface area contributed by atoms with Crippen molar-refractivity contribution in [1.29, 1.82) is 0 Å². The number of nitrogens with zero attached hydrogens (tertiary/aromatic N) is 1. The molecule has 0 saturated carbocycles. The summed E-state index contributed by atoms with van der Waals surface area (Å²) in [5, 5.41) is 0. The number of esters is 1. The predicted octanol–water partition coefficient (Wildman–Crippen LogP) is 5.45. The van der Waals surface area contributed by atoms with Gasteiger partial charge in [0.1, 0.15) is 0 Å². The molecule has 2 unspecified atom stereocenters. The number of unbranched alkanes of at least 4 members (excludes halogenated alkanes) is 2. The van der Waals surface area contributed by atoms with Gasteiger partial charge >= 0.3 is 5.97 Å². The Morgan fingerprint density at radius 2 is 1.36 bits per heavy atom. The van der Waals surface area contributed by atoms with Gasteiger partial charge in [-0.1, -0.05) is 61.3 Å². The highest BCUT2D eigenvalue weighted by Crippen LogP contribution is 2.08. The lowest BCUT2D eigenvalue weighted by molar-refractivity contribution is -0.148. The van der Waals surface area contributed by atoms with E-state index in [4.69, 9.17) is 4.74 Å². The van der Waals surface area contributed by atoms with E-state index in [0.717, 1.165) is 58.0 Å². The summed E-state index contributed by atoms with van der Waals surface area (Å²) in [6.45, 7) is 16.8. The van der Waals surface area contributed by atoms with Gasteiger partial charge in [0.15, 0.2) is 0 Å². The molecule has 0 fully saturated rings. The molecular formula is C21H43NO3. The first-order valence-corrected chi connectivity index (χ1v) is 10.3. The second-order valence-electron chi connectivity index (χ2n) is 6.82. The quantitative estimate of drug-likeness (QED) is 0.345. The molecular weight excluding hydrogens is 314 g/mol. The fourth-order valence-electron chi connectivity index (χ4n) is 2.06. The molecule has 0 saturated heterocycles. The van der Waals surface area contributed by atoms with Crippen LogP contribution in [-0.4, -0.2) is 36.5 Å². The third-order valence-corrected chi connectivity index (χ3v) is 4.38. The van der Waals surface area contributed by atoms with Crippen LogP contribution in [0.3, 0.4) is 0 Å². The van der Waals surface area contributed by atoms with Crippen molar-refractivity contribution < 1.29 is 14.3 Å². The van der Waals surface area contributed by atoms with E-state index in [1.807, 2.05) is 25.7 Å². The number of hydrogen-bond donors (Lipinski definition) is 0. The van der Waals surface area contributed by atoms with Crippen molar-refractivity contribution in [3.8, 4) is 0 Å². The van der Waals surface area contributed by atoms with Gasteiger partial charge in [-0.05, 0) is 32.1 Å². The Hall–Kier alpha value is -1.06. The van der Waals surface area contributed by atoms with E-state index in [1.54, 1.807) is 0 Å².